The van der Waals surface area contributed by atoms with Crippen LogP contribution in [0.2, 0.25) is 0 Å². The van der Waals surface area contributed by atoms with Crippen LogP contribution in [0.4, 0.5) is 0 Å². The van der Waals surface area contributed by atoms with Crippen LogP contribution in [0, 0.1) is 0 Å². The summed E-state index contributed by atoms with van der Waals surface area (Å²) in [6.07, 6.45) is 7.08. The van der Waals surface area contributed by atoms with Crippen LogP contribution in [0.25, 0.3) is 0 Å². The molecule has 0 aromatic carbocycles. The SMILES string of the molecule is c1ccc(CN2CCCC[C@H]2c2ncn[nH]2)nc1. The third-order valence-corrected chi connectivity index (χ3v) is 3.45. The van der Waals surface area contributed by atoms with Crippen molar-refractivity contribution in [1.82, 2.24) is 25.1 Å². The molecule has 2 aromatic rings. The van der Waals surface area contributed by atoms with Gasteiger partial charge < -0.3 is 0 Å². The largest absolute Gasteiger partial charge is 0.288 e. The minimum absolute atomic E-state index is 0.350. The van der Waals surface area contributed by atoms with E-state index in [-0.39, 0.29) is 0 Å². The Morgan fingerprint density at radius 2 is 2.28 bits per heavy atom. The van der Waals surface area contributed by atoms with Crippen molar-refractivity contribution in [3.05, 3.63) is 42.2 Å². The summed E-state index contributed by atoms with van der Waals surface area (Å²) in [5.41, 5.74) is 1.11. The van der Waals surface area contributed by atoms with E-state index in [2.05, 4.69) is 31.1 Å². The van der Waals surface area contributed by atoms with Crippen molar-refractivity contribution < 1.29 is 0 Å². The zero-order valence-corrected chi connectivity index (χ0v) is 10.3. The molecule has 3 rings (SSSR count). The highest BCUT2D eigenvalue weighted by molar-refractivity contribution is 5.05. The smallest absolute Gasteiger partial charge is 0.141 e. The fourth-order valence-electron chi connectivity index (χ4n) is 2.57. The molecule has 0 spiro atoms. The minimum atomic E-state index is 0.350. The van der Waals surface area contributed by atoms with Crippen LogP contribution < -0.4 is 0 Å². The van der Waals surface area contributed by atoms with E-state index in [0.717, 1.165) is 31.0 Å². The van der Waals surface area contributed by atoms with Crippen LogP contribution in [-0.4, -0.2) is 31.6 Å². The van der Waals surface area contributed by atoms with Crippen molar-refractivity contribution in [1.29, 1.82) is 0 Å². The second kappa shape index (κ2) is 5.27. The maximum atomic E-state index is 4.40. The van der Waals surface area contributed by atoms with Gasteiger partial charge in [-0.3, -0.25) is 15.0 Å². The van der Waals surface area contributed by atoms with Gasteiger partial charge in [-0.15, -0.1) is 0 Å². The highest BCUT2D eigenvalue weighted by atomic mass is 15.3. The van der Waals surface area contributed by atoms with Crippen LogP contribution in [-0.2, 0) is 6.54 Å². The first-order valence-corrected chi connectivity index (χ1v) is 6.43. The first-order valence-electron chi connectivity index (χ1n) is 6.43. The molecule has 3 heterocycles. The van der Waals surface area contributed by atoms with Gasteiger partial charge in [0.15, 0.2) is 0 Å². The number of rotatable bonds is 3. The summed E-state index contributed by atoms with van der Waals surface area (Å²) in [5, 5.41) is 6.96. The van der Waals surface area contributed by atoms with Gasteiger partial charge in [0.2, 0.25) is 0 Å². The molecule has 1 N–H and O–H groups in total. The molecule has 0 unspecified atom stereocenters. The predicted octanol–water partition coefficient (Wildman–Crippen LogP) is 1.93. The Labute approximate surface area is 106 Å². The topological polar surface area (TPSA) is 57.7 Å². The van der Waals surface area contributed by atoms with Crippen molar-refractivity contribution in [3.8, 4) is 0 Å². The monoisotopic (exact) mass is 243 g/mol. The molecule has 1 saturated heterocycles. The van der Waals surface area contributed by atoms with Gasteiger partial charge in [-0.1, -0.05) is 12.5 Å². The summed E-state index contributed by atoms with van der Waals surface area (Å²) < 4.78 is 0. The van der Waals surface area contributed by atoms with E-state index in [1.807, 2.05) is 18.3 Å². The normalized spacial score (nSPS) is 21.0. The molecule has 0 bridgehead atoms. The number of H-pyrrole nitrogens is 1. The Kier molecular flexibility index (Phi) is 3.32. The van der Waals surface area contributed by atoms with E-state index in [0.29, 0.717) is 6.04 Å². The van der Waals surface area contributed by atoms with Crippen LogP contribution in [0.5, 0.6) is 0 Å². The van der Waals surface area contributed by atoms with E-state index in [4.69, 9.17) is 0 Å². The number of likely N-dealkylation sites (tertiary alicyclic amines) is 1. The zero-order valence-electron chi connectivity index (χ0n) is 10.3. The molecule has 1 fully saturated rings. The van der Waals surface area contributed by atoms with Gasteiger partial charge in [0.1, 0.15) is 12.2 Å². The van der Waals surface area contributed by atoms with Crippen LogP contribution >= 0.6 is 0 Å². The van der Waals surface area contributed by atoms with Crippen molar-refractivity contribution in [2.75, 3.05) is 6.54 Å². The quantitative estimate of drug-likeness (QED) is 0.895. The Hall–Kier alpha value is -1.75. The summed E-state index contributed by atoms with van der Waals surface area (Å²) >= 11 is 0. The molecule has 94 valence electrons. The van der Waals surface area contributed by atoms with Gasteiger partial charge in [0, 0.05) is 12.7 Å². The van der Waals surface area contributed by atoms with E-state index >= 15 is 0 Å². The number of pyridine rings is 1. The lowest BCUT2D eigenvalue weighted by molar-refractivity contribution is 0.132. The average molecular weight is 243 g/mol. The lowest BCUT2D eigenvalue weighted by atomic mass is 10.0. The fraction of sp³-hybridized carbons (Fsp3) is 0.462. The number of nitrogens with zero attached hydrogens (tertiary/aromatic N) is 4. The molecule has 0 aliphatic carbocycles. The molecule has 0 amide bonds. The molecule has 1 atom stereocenters. The van der Waals surface area contributed by atoms with Gasteiger partial charge in [0.05, 0.1) is 11.7 Å². The Morgan fingerprint density at radius 1 is 1.28 bits per heavy atom. The lowest BCUT2D eigenvalue weighted by Gasteiger charge is -2.33. The van der Waals surface area contributed by atoms with Crippen LogP contribution in [0.3, 0.4) is 0 Å². The molecule has 0 radical (unpaired) electrons. The third kappa shape index (κ3) is 2.41. The van der Waals surface area contributed by atoms with Gasteiger partial charge in [0.25, 0.3) is 0 Å². The van der Waals surface area contributed by atoms with Crippen molar-refractivity contribution >= 4 is 0 Å². The van der Waals surface area contributed by atoms with E-state index < -0.39 is 0 Å². The Morgan fingerprint density at radius 3 is 3.06 bits per heavy atom. The molecule has 0 saturated carbocycles. The molecular weight excluding hydrogens is 226 g/mol. The van der Waals surface area contributed by atoms with Gasteiger partial charge in [-0.2, -0.15) is 5.10 Å². The van der Waals surface area contributed by atoms with Crippen molar-refractivity contribution in [2.24, 2.45) is 0 Å². The third-order valence-electron chi connectivity index (χ3n) is 3.45. The number of hydrogen-bond acceptors (Lipinski definition) is 4. The van der Waals surface area contributed by atoms with Crippen LogP contribution in [0.1, 0.15) is 36.8 Å². The van der Waals surface area contributed by atoms with Crippen molar-refractivity contribution in [2.45, 2.75) is 31.8 Å². The molecule has 18 heavy (non-hydrogen) atoms. The van der Waals surface area contributed by atoms with E-state index in [9.17, 15) is 0 Å². The number of hydrogen-bond donors (Lipinski definition) is 1. The van der Waals surface area contributed by atoms with Crippen molar-refractivity contribution in [3.63, 3.8) is 0 Å². The molecule has 5 heteroatoms. The minimum Gasteiger partial charge on any atom is -0.288 e. The standard InChI is InChI=1S/C13H17N5/c1-3-7-14-11(5-1)9-18-8-4-2-6-12(18)13-15-10-16-17-13/h1,3,5,7,10,12H,2,4,6,8-9H2,(H,15,16,17)/t12-/m0/s1. The summed E-state index contributed by atoms with van der Waals surface area (Å²) in [7, 11) is 0. The fourth-order valence-corrected chi connectivity index (χ4v) is 2.57. The second-order valence-electron chi connectivity index (χ2n) is 4.67. The van der Waals surface area contributed by atoms with E-state index in [1.54, 1.807) is 6.33 Å². The molecule has 2 aromatic heterocycles. The summed E-state index contributed by atoms with van der Waals surface area (Å²) in [6, 6.07) is 6.42. The number of nitrogens with one attached hydrogen (secondary N) is 1. The van der Waals surface area contributed by atoms with Crippen LogP contribution in [0.15, 0.2) is 30.7 Å². The molecular formula is C13H17N5. The second-order valence-corrected chi connectivity index (χ2v) is 4.67. The maximum absolute atomic E-state index is 4.40. The Bertz CT molecular complexity index is 467. The summed E-state index contributed by atoms with van der Waals surface area (Å²) in [6.45, 7) is 1.98. The predicted molar refractivity (Wildman–Crippen MR) is 67.6 cm³/mol. The average Bonchev–Trinajstić information content (AvgIpc) is 2.94. The van der Waals surface area contributed by atoms with Gasteiger partial charge in [-0.05, 0) is 31.5 Å². The molecule has 1 aliphatic heterocycles. The highest BCUT2D eigenvalue weighted by Gasteiger charge is 2.26. The van der Waals surface area contributed by atoms with Gasteiger partial charge in [-0.25, -0.2) is 4.98 Å². The summed E-state index contributed by atoms with van der Waals surface area (Å²) in [5.74, 6) is 0.977. The maximum Gasteiger partial charge on any atom is 0.141 e. The lowest BCUT2D eigenvalue weighted by Crippen LogP contribution is -2.33. The van der Waals surface area contributed by atoms with E-state index in [1.165, 1.54) is 12.8 Å². The van der Waals surface area contributed by atoms with Gasteiger partial charge >= 0.3 is 0 Å². The summed E-state index contributed by atoms with van der Waals surface area (Å²) in [4.78, 5) is 11.1. The highest BCUT2D eigenvalue weighted by Crippen LogP contribution is 2.29. The Balaban J connectivity index is 1.76. The first kappa shape index (κ1) is 11.3. The zero-order chi connectivity index (χ0) is 12.2. The molecule has 1 aliphatic rings. The number of aromatic amines is 1. The number of aromatic nitrogens is 4. The number of piperidine rings is 1. The first-order chi connectivity index (χ1) is 8.93. The molecule has 5 nitrogen and oxygen atoms in total.